The smallest absolute Gasteiger partial charge is 0.410 e. The second-order valence-corrected chi connectivity index (χ2v) is 13.5. The summed E-state index contributed by atoms with van der Waals surface area (Å²) in [6, 6.07) is 6.53. The van der Waals surface area contributed by atoms with Crippen LogP contribution in [0.5, 0.6) is 11.5 Å². The Bertz CT molecular complexity index is 1240. The van der Waals surface area contributed by atoms with Crippen molar-refractivity contribution in [1.82, 2.24) is 24.7 Å². The Labute approximate surface area is 251 Å². The number of carbonyl (C=O) groups excluding carboxylic acids is 1. The highest BCUT2D eigenvalue weighted by Crippen LogP contribution is 2.40. The number of ether oxygens (including phenoxy) is 3. The molecular formula is C29H40N6O4S2. The average Bonchev–Trinajstić information content (AvgIpc) is 3.51. The number of amides is 1. The van der Waals surface area contributed by atoms with E-state index in [9.17, 15) is 4.79 Å². The Hall–Kier alpha value is -2.38. The molecular weight excluding hydrogens is 560 g/mol. The molecule has 2 bridgehead atoms. The highest BCUT2D eigenvalue weighted by Gasteiger charge is 2.47. The fourth-order valence-corrected chi connectivity index (χ4v) is 7.09. The van der Waals surface area contributed by atoms with Crippen molar-refractivity contribution in [3.8, 4) is 11.5 Å². The summed E-state index contributed by atoms with van der Waals surface area (Å²) in [6.45, 7) is 9.15. The van der Waals surface area contributed by atoms with Gasteiger partial charge in [0.2, 0.25) is 0 Å². The Balaban J connectivity index is 1.29. The zero-order valence-corrected chi connectivity index (χ0v) is 26.1. The quantitative estimate of drug-likeness (QED) is 0.210. The van der Waals surface area contributed by atoms with Crippen LogP contribution in [0, 0.1) is 0 Å². The van der Waals surface area contributed by atoms with Gasteiger partial charge in [-0.15, -0.1) is 11.8 Å². The van der Waals surface area contributed by atoms with Crippen LogP contribution in [-0.4, -0.2) is 80.8 Å². The maximum atomic E-state index is 12.9. The summed E-state index contributed by atoms with van der Waals surface area (Å²) in [5.74, 6) is 2.67. The van der Waals surface area contributed by atoms with Crippen LogP contribution in [0.2, 0.25) is 0 Å². The van der Waals surface area contributed by atoms with Crippen molar-refractivity contribution in [3.63, 3.8) is 0 Å². The monoisotopic (exact) mass is 600 g/mol. The molecule has 2 atom stereocenters. The maximum Gasteiger partial charge on any atom is 0.410 e. The lowest BCUT2D eigenvalue weighted by Gasteiger charge is -2.41. The van der Waals surface area contributed by atoms with Gasteiger partial charge in [0.15, 0.2) is 11.6 Å². The van der Waals surface area contributed by atoms with Gasteiger partial charge in [0.25, 0.3) is 0 Å². The number of nitrogens with zero attached hydrogens (tertiary/aromatic N) is 5. The second-order valence-electron chi connectivity index (χ2n) is 11.5. The third-order valence-electron chi connectivity index (χ3n) is 7.34. The molecule has 0 radical (unpaired) electrons. The molecule has 3 fully saturated rings. The zero-order valence-electron chi connectivity index (χ0n) is 24.5. The number of aryl methyl sites for hydroxylation is 1. The first kappa shape index (κ1) is 30.1. The molecule has 0 spiro atoms. The first-order valence-electron chi connectivity index (χ1n) is 14.3. The summed E-state index contributed by atoms with van der Waals surface area (Å²) in [6.07, 6.45) is 8.07. The molecule has 0 aromatic carbocycles. The summed E-state index contributed by atoms with van der Waals surface area (Å²) >= 11 is 3.18. The molecule has 0 aliphatic carbocycles. The van der Waals surface area contributed by atoms with E-state index >= 15 is 0 Å². The van der Waals surface area contributed by atoms with Gasteiger partial charge in [-0.05, 0) is 83.0 Å². The molecule has 2 aromatic rings. The van der Waals surface area contributed by atoms with Crippen molar-refractivity contribution in [2.75, 3.05) is 26.0 Å². The number of hydrazine groups is 1. The van der Waals surface area contributed by atoms with Crippen LogP contribution in [0.15, 0.2) is 40.5 Å². The number of carbonyl (C=O) groups is 1. The number of hydrogen-bond acceptors (Lipinski definition) is 11. The van der Waals surface area contributed by atoms with Crippen molar-refractivity contribution in [2.24, 2.45) is 4.99 Å². The highest BCUT2D eigenvalue weighted by atomic mass is 32.2. The SMILES string of the molecule is CCc1ncccc1Oc1cc(SCCOC)cnc1N=C1CN(C2CC3CCC(C2)N3C(=O)OC(C)(C)C)NS1. The van der Waals surface area contributed by atoms with Crippen LogP contribution in [0.25, 0.3) is 0 Å². The third kappa shape index (κ3) is 7.53. The largest absolute Gasteiger partial charge is 0.451 e. The van der Waals surface area contributed by atoms with Crippen LogP contribution >= 0.6 is 23.7 Å². The normalized spacial score (nSPS) is 23.8. The average molecular weight is 601 g/mol. The van der Waals surface area contributed by atoms with E-state index in [1.807, 2.05) is 50.1 Å². The van der Waals surface area contributed by atoms with Crippen molar-refractivity contribution in [1.29, 1.82) is 0 Å². The van der Waals surface area contributed by atoms with Gasteiger partial charge in [0, 0.05) is 48.3 Å². The van der Waals surface area contributed by atoms with Crippen LogP contribution < -0.4 is 9.57 Å². The third-order valence-corrected chi connectivity index (χ3v) is 9.05. The standard InChI is InChI=1S/C29H40N6O4S2/c1-6-23-24(8-7-11-30-23)38-25-16-22(40-13-12-37-5)17-31-27(25)32-26-18-34(33-41-26)21-14-19-9-10-20(15-21)35(19)28(36)39-29(2,3)4/h7-8,11,16-17,19-21,33H,6,9-10,12-15,18H2,1-5H3. The van der Waals surface area contributed by atoms with Crippen molar-refractivity contribution < 1.29 is 19.0 Å². The number of aliphatic imine (C=N–C) groups is 1. The first-order valence-corrected chi connectivity index (χ1v) is 16.1. The van der Waals surface area contributed by atoms with Crippen LogP contribution in [0.4, 0.5) is 10.6 Å². The van der Waals surface area contributed by atoms with Gasteiger partial charge in [0.1, 0.15) is 16.4 Å². The molecule has 1 amide bonds. The van der Waals surface area contributed by atoms with E-state index in [0.717, 1.165) is 53.5 Å². The molecule has 12 heteroatoms. The number of hydrogen-bond donors (Lipinski definition) is 1. The molecule has 5 rings (SSSR count). The minimum atomic E-state index is -0.488. The van der Waals surface area contributed by atoms with Gasteiger partial charge in [-0.25, -0.2) is 19.8 Å². The predicted molar refractivity (Wildman–Crippen MR) is 163 cm³/mol. The van der Waals surface area contributed by atoms with Crippen LogP contribution in [-0.2, 0) is 15.9 Å². The number of fused-ring (bicyclic) bond motifs is 2. The maximum absolute atomic E-state index is 12.9. The first-order chi connectivity index (χ1) is 19.7. The number of thioether (sulfide) groups is 1. The number of aromatic nitrogens is 2. The number of nitrogens with one attached hydrogen (secondary N) is 1. The van der Waals surface area contributed by atoms with Gasteiger partial charge in [-0.3, -0.25) is 4.98 Å². The van der Waals surface area contributed by atoms with Crippen LogP contribution in [0.1, 0.15) is 59.1 Å². The van der Waals surface area contributed by atoms with E-state index < -0.39 is 5.60 Å². The summed E-state index contributed by atoms with van der Waals surface area (Å²) in [5, 5.41) is 3.18. The van der Waals surface area contributed by atoms with Gasteiger partial charge in [-0.2, -0.15) is 4.83 Å². The van der Waals surface area contributed by atoms with E-state index in [4.69, 9.17) is 24.2 Å². The second kappa shape index (κ2) is 13.3. The minimum Gasteiger partial charge on any atom is -0.451 e. The van der Waals surface area contributed by atoms with E-state index in [2.05, 4.69) is 21.7 Å². The van der Waals surface area contributed by atoms with Crippen molar-refractivity contribution in [2.45, 2.75) is 88.4 Å². The molecule has 3 aliphatic rings. The van der Waals surface area contributed by atoms with E-state index in [1.54, 1.807) is 25.1 Å². The van der Waals surface area contributed by atoms with Gasteiger partial charge in [0.05, 0.1) is 18.8 Å². The number of piperidine rings is 1. The van der Waals surface area contributed by atoms with E-state index in [-0.39, 0.29) is 18.2 Å². The van der Waals surface area contributed by atoms with E-state index in [1.165, 1.54) is 11.9 Å². The summed E-state index contributed by atoms with van der Waals surface area (Å²) in [5.41, 5.74) is 0.400. The molecule has 5 heterocycles. The fourth-order valence-electron chi connectivity index (χ4n) is 5.52. The topological polar surface area (TPSA) is 101 Å². The summed E-state index contributed by atoms with van der Waals surface area (Å²) in [7, 11) is 1.70. The lowest BCUT2D eigenvalue weighted by molar-refractivity contribution is -0.00422. The van der Waals surface area contributed by atoms with E-state index in [0.29, 0.717) is 36.5 Å². The summed E-state index contributed by atoms with van der Waals surface area (Å²) in [4.78, 5) is 33.4. The molecule has 2 unspecified atom stereocenters. The molecule has 222 valence electrons. The Morgan fingerprint density at radius 2 is 1.98 bits per heavy atom. The Kier molecular flexibility index (Phi) is 9.75. The number of pyridine rings is 2. The lowest BCUT2D eigenvalue weighted by atomic mass is 9.97. The molecule has 3 saturated heterocycles. The van der Waals surface area contributed by atoms with Crippen LogP contribution in [0.3, 0.4) is 0 Å². The minimum absolute atomic E-state index is 0.184. The predicted octanol–water partition coefficient (Wildman–Crippen LogP) is 6.00. The number of rotatable bonds is 9. The molecule has 0 saturated carbocycles. The molecule has 41 heavy (non-hydrogen) atoms. The summed E-state index contributed by atoms with van der Waals surface area (Å²) < 4.78 is 17.3. The Morgan fingerprint density at radius 1 is 1.20 bits per heavy atom. The lowest BCUT2D eigenvalue weighted by Crippen LogP contribution is -2.54. The molecule has 1 N–H and O–H groups in total. The molecule has 3 aliphatic heterocycles. The zero-order chi connectivity index (χ0) is 29.0. The van der Waals surface area contributed by atoms with Crippen molar-refractivity contribution in [3.05, 3.63) is 36.3 Å². The fraction of sp³-hybridized carbons (Fsp3) is 0.586. The van der Waals surface area contributed by atoms with Crippen molar-refractivity contribution >= 4 is 40.7 Å². The molecule has 2 aromatic heterocycles. The molecule has 10 nitrogen and oxygen atoms in total. The Morgan fingerprint density at radius 3 is 2.68 bits per heavy atom. The van der Waals surface area contributed by atoms with Gasteiger partial charge in [-0.1, -0.05) is 6.92 Å². The van der Waals surface area contributed by atoms with Gasteiger partial charge < -0.3 is 19.1 Å². The van der Waals surface area contributed by atoms with Gasteiger partial charge >= 0.3 is 6.09 Å². The highest BCUT2D eigenvalue weighted by molar-refractivity contribution is 8.12. The number of methoxy groups -OCH3 is 1.